The van der Waals surface area contributed by atoms with E-state index < -0.39 is 0 Å². The largest absolute Gasteiger partial charge is 0.365 e. The van der Waals surface area contributed by atoms with Gasteiger partial charge < -0.3 is 15.0 Å². The lowest BCUT2D eigenvalue weighted by atomic mass is 10.2. The van der Waals surface area contributed by atoms with Crippen molar-refractivity contribution in [1.82, 2.24) is 10.2 Å². The summed E-state index contributed by atoms with van der Waals surface area (Å²) in [6.07, 6.45) is -0.139. The first-order valence-electron chi connectivity index (χ1n) is 5.85. The molecule has 5 heteroatoms. The molecule has 1 aromatic carbocycles. The molecule has 2 rings (SSSR count). The lowest BCUT2D eigenvalue weighted by Gasteiger charge is -2.29. The summed E-state index contributed by atoms with van der Waals surface area (Å²) < 4.78 is 5.34. The van der Waals surface area contributed by atoms with Crippen molar-refractivity contribution in [2.45, 2.75) is 6.10 Å². The summed E-state index contributed by atoms with van der Waals surface area (Å²) in [5, 5.41) is 2.80. The zero-order valence-corrected chi connectivity index (χ0v) is 10.3. The molecular formula is C13H16N2O3. The molecule has 0 saturated carbocycles. The van der Waals surface area contributed by atoms with E-state index in [0.717, 1.165) is 0 Å². The Morgan fingerprint density at radius 1 is 1.44 bits per heavy atom. The molecule has 2 amide bonds. The molecular weight excluding hydrogens is 232 g/mol. The Hall–Kier alpha value is -1.88. The van der Waals surface area contributed by atoms with Gasteiger partial charge in [-0.15, -0.1) is 0 Å². The number of benzene rings is 1. The molecule has 18 heavy (non-hydrogen) atoms. The fraction of sp³-hybridized carbons (Fsp3) is 0.385. The van der Waals surface area contributed by atoms with E-state index in [9.17, 15) is 9.59 Å². The highest BCUT2D eigenvalue weighted by Gasteiger charge is 2.23. The number of nitrogens with one attached hydrogen (secondary N) is 1. The van der Waals surface area contributed by atoms with Gasteiger partial charge in [-0.3, -0.25) is 9.59 Å². The molecule has 96 valence electrons. The fourth-order valence-corrected chi connectivity index (χ4v) is 1.78. The van der Waals surface area contributed by atoms with Crippen molar-refractivity contribution in [3.05, 3.63) is 35.9 Å². The Labute approximate surface area is 106 Å². The topological polar surface area (TPSA) is 58.6 Å². The number of morpholine rings is 1. The van der Waals surface area contributed by atoms with Crippen LogP contribution >= 0.6 is 0 Å². The third-order valence-corrected chi connectivity index (χ3v) is 2.87. The van der Waals surface area contributed by atoms with E-state index in [4.69, 9.17) is 4.74 Å². The smallest absolute Gasteiger partial charge is 0.251 e. The van der Waals surface area contributed by atoms with Crippen LogP contribution in [0.5, 0.6) is 0 Å². The van der Waals surface area contributed by atoms with Gasteiger partial charge in [-0.25, -0.2) is 0 Å². The second kappa shape index (κ2) is 5.64. The van der Waals surface area contributed by atoms with Crippen LogP contribution in [0.1, 0.15) is 10.4 Å². The highest BCUT2D eigenvalue weighted by atomic mass is 16.5. The summed E-state index contributed by atoms with van der Waals surface area (Å²) in [7, 11) is 1.73. The number of hydrogen-bond acceptors (Lipinski definition) is 3. The Kier molecular flexibility index (Phi) is 3.94. The van der Waals surface area contributed by atoms with E-state index in [1.54, 1.807) is 24.1 Å². The molecule has 1 heterocycles. The van der Waals surface area contributed by atoms with E-state index in [1.807, 2.05) is 18.2 Å². The molecule has 0 bridgehead atoms. The molecule has 0 aromatic heterocycles. The van der Waals surface area contributed by atoms with Gasteiger partial charge in [-0.05, 0) is 12.1 Å². The second-order valence-corrected chi connectivity index (χ2v) is 4.28. The lowest BCUT2D eigenvalue weighted by molar-refractivity contribution is -0.146. The minimum atomic E-state index is -0.139. The van der Waals surface area contributed by atoms with Gasteiger partial charge in [-0.1, -0.05) is 18.2 Å². The Balaban J connectivity index is 1.82. The summed E-state index contributed by atoms with van der Waals surface area (Å²) in [5.41, 5.74) is 0.623. The van der Waals surface area contributed by atoms with Crippen molar-refractivity contribution in [2.24, 2.45) is 0 Å². The number of nitrogens with zero attached hydrogens (tertiary/aromatic N) is 1. The van der Waals surface area contributed by atoms with E-state index in [2.05, 4.69) is 5.32 Å². The van der Waals surface area contributed by atoms with Crippen molar-refractivity contribution >= 4 is 11.8 Å². The maximum Gasteiger partial charge on any atom is 0.251 e. The highest BCUT2D eigenvalue weighted by Crippen LogP contribution is 2.04. The van der Waals surface area contributed by atoms with Crippen LogP contribution in [0.2, 0.25) is 0 Å². The molecule has 1 N–H and O–H groups in total. The predicted molar refractivity (Wildman–Crippen MR) is 66.2 cm³/mol. The number of carbonyl (C=O) groups is 2. The lowest BCUT2D eigenvalue weighted by Crippen LogP contribution is -2.48. The third-order valence-electron chi connectivity index (χ3n) is 2.87. The zero-order chi connectivity index (χ0) is 13.0. The van der Waals surface area contributed by atoms with E-state index in [1.165, 1.54) is 0 Å². The van der Waals surface area contributed by atoms with Crippen LogP contribution in [-0.4, -0.2) is 49.6 Å². The van der Waals surface area contributed by atoms with Gasteiger partial charge in [0.1, 0.15) is 6.61 Å². The van der Waals surface area contributed by atoms with Crippen LogP contribution in [0.3, 0.4) is 0 Å². The normalized spacial score (nSPS) is 19.7. The zero-order valence-electron chi connectivity index (χ0n) is 10.3. The minimum Gasteiger partial charge on any atom is -0.365 e. The summed E-state index contributed by atoms with van der Waals surface area (Å²) in [6, 6.07) is 9.01. The average Bonchev–Trinajstić information content (AvgIpc) is 2.41. The highest BCUT2D eigenvalue weighted by molar-refractivity contribution is 5.94. The Morgan fingerprint density at radius 2 is 2.17 bits per heavy atom. The van der Waals surface area contributed by atoms with Crippen LogP contribution < -0.4 is 5.32 Å². The van der Waals surface area contributed by atoms with E-state index in [-0.39, 0.29) is 24.5 Å². The molecule has 1 aliphatic rings. The van der Waals surface area contributed by atoms with Crippen LogP contribution in [0.25, 0.3) is 0 Å². The van der Waals surface area contributed by atoms with Gasteiger partial charge in [0.2, 0.25) is 5.91 Å². The van der Waals surface area contributed by atoms with Crippen molar-refractivity contribution in [3.8, 4) is 0 Å². The number of likely N-dealkylation sites (N-methyl/N-ethyl adjacent to an activating group) is 1. The average molecular weight is 248 g/mol. The summed E-state index contributed by atoms with van der Waals surface area (Å²) in [4.78, 5) is 24.6. The standard InChI is InChI=1S/C13H16N2O3/c1-15-8-11(18-9-12(15)16)7-14-13(17)10-5-3-2-4-6-10/h2-6,11H,7-9H2,1H3,(H,14,17). The summed E-state index contributed by atoms with van der Waals surface area (Å²) >= 11 is 0. The number of amides is 2. The summed E-state index contributed by atoms with van der Waals surface area (Å²) in [6.45, 7) is 1.00. The maximum absolute atomic E-state index is 11.8. The first-order chi connectivity index (χ1) is 8.66. The quantitative estimate of drug-likeness (QED) is 0.835. The first-order valence-corrected chi connectivity index (χ1v) is 5.85. The van der Waals surface area contributed by atoms with Gasteiger partial charge in [0, 0.05) is 25.7 Å². The van der Waals surface area contributed by atoms with Crippen LogP contribution in [-0.2, 0) is 9.53 Å². The van der Waals surface area contributed by atoms with Crippen LogP contribution in [0.15, 0.2) is 30.3 Å². The minimum absolute atomic E-state index is 0.0272. The van der Waals surface area contributed by atoms with Crippen molar-refractivity contribution in [3.63, 3.8) is 0 Å². The first kappa shape index (κ1) is 12.6. The van der Waals surface area contributed by atoms with Gasteiger partial charge in [0.05, 0.1) is 6.10 Å². The molecule has 1 fully saturated rings. The van der Waals surface area contributed by atoms with Gasteiger partial charge in [-0.2, -0.15) is 0 Å². The number of hydrogen-bond donors (Lipinski definition) is 1. The molecule has 1 saturated heterocycles. The van der Waals surface area contributed by atoms with Crippen molar-refractivity contribution in [1.29, 1.82) is 0 Å². The maximum atomic E-state index is 11.8. The third kappa shape index (κ3) is 3.07. The Morgan fingerprint density at radius 3 is 2.83 bits per heavy atom. The van der Waals surface area contributed by atoms with Crippen molar-refractivity contribution < 1.29 is 14.3 Å². The fourth-order valence-electron chi connectivity index (χ4n) is 1.78. The van der Waals surface area contributed by atoms with Gasteiger partial charge in [0.15, 0.2) is 0 Å². The molecule has 0 spiro atoms. The number of rotatable bonds is 3. The second-order valence-electron chi connectivity index (χ2n) is 4.28. The molecule has 0 radical (unpaired) electrons. The molecule has 1 unspecified atom stereocenters. The predicted octanol–water partition coefficient (Wildman–Crippen LogP) is 0.274. The molecule has 1 atom stereocenters. The van der Waals surface area contributed by atoms with Gasteiger partial charge in [0.25, 0.3) is 5.91 Å². The number of ether oxygens (including phenoxy) is 1. The van der Waals surface area contributed by atoms with E-state index in [0.29, 0.717) is 18.7 Å². The van der Waals surface area contributed by atoms with Crippen LogP contribution in [0.4, 0.5) is 0 Å². The summed E-state index contributed by atoms with van der Waals surface area (Å²) in [5.74, 6) is -0.153. The van der Waals surface area contributed by atoms with Crippen molar-refractivity contribution in [2.75, 3.05) is 26.7 Å². The van der Waals surface area contributed by atoms with E-state index >= 15 is 0 Å². The molecule has 1 aliphatic heterocycles. The molecule has 0 aliphatic carbocycles. The number of carbonyl (C=O) groups excluding carboxylic acids is 2. The SMILES string of the molecule is CN1CC(CNC(=O)c2ccccc2)OCC1=O. The van der Waals surface area contributed by atoms with Crippen LogP contribution in [0, 0.1) is 0 Å². The Bertz CT molecular complexity index is 433. The molecule has 5 nitrogen and oxygen atoms in total. The monoisotopic (exact) mass is 248 g/mol. The van der Waals surface area contributed by atoms with Gasteiger partial charge >= 0.3 is 0 Å². The molecule has 1 aromatic rings.